The van der Waals surface area contributed by atoms with Crippen LogP contribution in [-0.2, 0) is 9.53 Å². The summed E-state index contributed by atoms with van der Waals surface area (Å²) in [5, 5.41) is 3.53. The third-order valence-corrected chi connectivity index (χ3v) is 4.95. The Balaban J connectivity index is 1.88. The van der Waals surface area contributed by atoms with Crippen LogP contribution in [0.25, 0.3) is 0 Å². The molecule has 2 aliphatic rings. The van der Waals surface area contributed by atoms with Gasteiger partial charge in [-0.1, -0.05) is 6.92 Å². The first-order valence-corrected chi connectivity index (χ1v) is 8.47. The minimum Gasteiger partial charge on any atom is -0.378 e. The van der Waals surface area contributed by atoms with Gasteiger partial charge in [-0.15, -0.1) is 0 Å². The number of amides is 1. The molecule has 0 bridgehead atoms. The number of carbonyl (C=O) groups excluding carboxylic acids is 1. The van der Waals surface area contributed by atoms with E-state index in [9.17, 15) is 4.79 Å². The van der Waals surface area contributed by atoms with Crippen LogP contribution < -0.4 is 5.32 Å². The lowest BCUT2D eigenvalue weighted by atomic mass is 9.90. The zero-order valence-corrected chi connectivity index (χ0v) is 13.8. The van der Waals surface area contributed by atoms with Crippen molar-refractivity contribution in [3.8, 4) is 0 Å². The molecule has 3 atom stereocenters. The highest BCUT2D eigenvalue weighted by molar-refractivity contribution is 5.81. The summed E-state index contributed by atoms with van der Waals surface area (Å²) in [4.78, 5) is 17.0. The number of morpholine rings is 1. The summed E-state index contributed by atoms with van der Waals surface area (Å²) >= 11 is 0. The van der Waals surface area contributed by atoms with Gasteiger partial charge in [-0.2, -0.15) is 0 Å². The minimum atomic E-state index is -0.000253. The Hall–Kier alpha value is -0.650. The summed E-state index contributed by atoms with van der Waals surface area (Å²) in [5.74, 6) is 0.925. The first kappa shape index (κ1) is 16.7. The monoisotopic (exact) mass is 297 g/mol. The van der Waals surface area contributed by atoms with E-state index in [2.05, 4.69) is 31.0 Å². The highest BCUT2D eigenvalue weighted by Gasteiger charge is 2.32. The molecule has 0 radical (unpaired) electrons. The average molecular weight is 297 g/mol. The first-order valence-electron chi connectivity index (χ1n) is 8.47. The molecule has 2 heterocycles. The lowest BCUT2D eigenvalue weighted by Crippen LogP contribution is -2.54. The van der Waals surface area contributed by atoms with Crippen LogP contribution in [0.4, 0.5) is 0 Å². The van der Waals surface area contributed by atoms with E-state index < -0.39 is 0 Å². The zero-order valence-electron chi connectivity index (χ0n) is 13.8. The van der Waals surface area contributed by atoms with Crippen molar-refractivity contribution in [1.29, 1.82) is 0 Å². The minimum absolute atomic E-state index is 0.000253. The molecule has 5 nitrogen and oxygen atoms in total. The van der Waals surface area contributed by atoms with E-state index in [1.807, 2.05) is 4.90 Å². The summed E-state index contributed by atoms with van der Waals surface area (Å²) in [6.45, 7) is 12.4. The first-order chi connectivity index (χ1) is 10.1. The third kappa shape index (κ3) is 4.41. The van der Waals surface area contributed by atoms with Crippen LogP contribution in [0.15, 0.2) is 0 Å². The second-order valence-electron chi connectivity index (χ2n) is 6.36. The van der Waals surface area contributed by atoms with Gasteiger partial charge >= 0.3 is 0 Å². The van der Waals surface area contributed by atoms with Crippen molar-refractivity contribution in [3.63, 3.8) is 0 Å². The van der Waals surface area contributed by atoms with E-state index in [0.29, 0.717) is 25.2 Å². The second-order valence-corrected chi connectivity index (χ2v) is 6.36. The molecule has 122 valence electrons. The Kier molecular flexibility index (Phi) is 6.45. The van der Waals surface area contributed by atoms with E-state index in [0.717, 1.165) is 32.7 Å². The predicted octanol–water partition coefficient (Wildman–Crippen LogP) is 0.944. The van der Waals surface area contributed by atoms with Gasteiger partial charge in [0, 0.05) is 25.7 Å². The highest BCUT2D eigenvalue weighted by atomic mass is 16.5. The molecule has 0 aromatic carbocycles. The molecular formula is C16H31N3O2. The molecule has 2 fully saturated rings. The summed E-state index contributed by atoms with van der Waals surface area (Å²) in [5.41, 5.74) is 0. The van der Waals surface area contributed by atoms with E-state index >= 15 is 0 Å². The summed E-state index contributed by atoms with van der Waals surface area (Å²) in [7, 11) is 0. The quantitative estimate of drug-likeness (QED) is 0.820. The predicted molar refractivity (Wildman–Crippen MR) is 84.3 cm³/mol. The number of nitrogens with one attached hydrogen (secondary N) is 1. The molecule has 0 aliphatic carbocycles. The van der Waals surface area contributed by atoms with Gasteiger partial charge in [0.2, 0.25) is 5.91 Å². The van der Waals surface area contributed by atoms with E-state index in [1.165, 1.54) is 12.8 Å². The fourth-order valence-corrected chi connectivity index (χ4v) is 3.49. The smallest absolute Gasteiger partial charge is 0.239 e. The topological polar surface area (TPSA) is 44.8 Å². The van der Waals surface area contributed by atoms with Gasteiger partial charge < -0.3 is 15.0 Å². The number of hydrogen-bond donors (Lipinski definition) is 1. The number of nitrogens with zero attached hydrogens (tertiary/aromatic N) is 2. The Bertz CT molecular complexity index is 331. The van der Waals surface area contributed by atoms with Gasteiger partial charge in [0.05, 0.1) is 19.3 Å². The van der Waals surface area contributed by atoms with Gasteiger partial charge in [0.25, 0.3) is 0 Å². The molecule has 0 aromatic heterocycles. The molecule has 0 spiro atoms. The molecule has 21 heavy (non-hydrogen) atoms. The van der Waals surface area contributed by atoms with Crippen molar-refractivity contribution in [1.82, 2.24) is 15.1 Å². The van der Waals surface area contributed by atoms with Crippen molar-refractivity contribution < 1.29 is 9.53 Å². The van der Waals surface area contributed by atoms with E-state index in [4.69, 9.17) is 4.74 Å². The van der Waals surface area contributed by atoms with Crippen LogP contribution in [0.5, 0.6) is 0 Å². The maximum Gasteiger partial charge on any atom is 0.239 e. The van der Waals surface area contributed by atoms with Crippen LogP contribution in [0.1, 0.15) is 33.6 Å². The number of ether oxygens (including phenoxy) is 1. The van der Waals surface area contributed by atoms with Crippen LogP contribution in [-0.4, -0.2) is 73.7 Å². The molecule has 2 rings (SSSR count). The number of hydrogen-bond acceptors (Lipinski definition) is 4. The lowest BCUT2D eigenvalue weighted by Gasteiger charge is -2.40. The Morgan fingerprint density at radius 3 is 2.67 bits per heavy atom. The number of piperidine rings is 1. The van der Waals surface area contributed by atoms with Gasteiger partial charge in [-0.25, -0.2) is 0 Å². The maximum absolute atomic E-state index is 12.6. The van der Waals surface area contributed by atoms with Gasteiger partial charge in [-0.05, 0) is 45.7 Å². The molecule has 0 aromatic rings. The summed E-state index contributed by atoms with van der Waals surface area (Å²) in [6.07, 6.45) is 2.46. The fraction of sp³-hybridized carbons (Fsp3) is 0.938. The van der Waals surface area contributed by atoms with Gasteiger partial charge in [0.15, 0.2) is 0 Å². The molecule has 2 saturated heterocycles. The van der Waals surface area contributed by atoms with Crippen molar-refractivity contribution >= 4 is 5.91 Å². The van der Waals surface area contributed by atoms with E-state index in [1.54, 1.807) is 0 Å². The van der Waals surface area contributed by atoms with Gasteiger partial charge in [0.1, 0.15) is 0 Å². The van der Waals surface area contributed by atoms with Crippen LogP contribution >= 0.6 is 0 Å². The van der Waals surface area contributed by atoms with Crippen LogP contribution in [0.2, 0.25) is 0 Å². The van der Waals surface area contributed by atoms with Gasteiger partial charge in [-0.3, -0.25) is 9.69 Å². The van der Waals surface area contributed by atoms with Crippen LogP contribution in [0.3, 0.4) is 0 Å². The Labute approximate surface area is 129 Å². The number of likely N-dealkylation sites (tertiary alicyclic amines) is 1. The van der Waals surface area contributed by atoms with Crippen molar-refractivity contribution in [3.05, 3.63) is 0 Å². The van der Waals surface area contributed by atoms with Crippen LogP contribution in [0, 0.1) is 5.92 Å². The second kappa shape index (κ2) is 8.11. The number of carbonyl (C=O) groups is 1. The molecule has 1 amide bonds. The highest BCUT2D eigenvalue weighted by Crippen LogP contribution is 2.22. The molecule has 5 heteroatoms. The van der Waals surface area contributed by atoms with Crippen molar-refractivity contribution in [2.45, 2.75) is 45.7 Å². The largest absolute Gasteiger partial charge is 0.378 e. The Morgan fingerprint density at radius 2 is 2.00 bits per heavy atom. The molecule has 0 saturated carbocycles. The molecule has 1 N–H and O–H groups in total. The summed E-state index contributed by atoms with van der Waals surface area (Å²) < 4.78 is 5.33. The van der Waals surface area contributed by atoms with Crippen molar-refractivity contribution in [2.75, 3.05) is 45.9 Å². The molecule has 2 aliphatic heterocycles. The van der Waals surface area contributed by atoms with E-state index in [-0.39, 0.29) is 11.9 Å². The third-order valence-electron chi connectivity index (χ3n) is 4.95. The molecule has 3 unspecified atom stereocenters. The summed E-state index contributed by atoms with van der Waals surface area (Å²) in [6, 6.07) is 0.531. The average Bonchev–Trinajstić information content (AvgIpc) is 2.54. The Morgan fingerprint density at radius 1 is 1.29 bits per heavy atom. The normalized spacial score (nSPS) is 27.4. The SMILES string of the molecule is CCNC(C)C1CCCN(C(C)C(=O)N2CCOCC2)C1. The lowest BCUT2D eigenvalue weighted by molar-refractivity contribution is -0.141. The number of rotatable bonds is 5. The van der Waals surface area contributed by atoms with Crippen molar-refractivity contribution in [2.24, 2.45) is 5.92 Å². The fourth-order valence-electron chi connectivity index (χ4n) is 3.49. The zero-order chi connectivity index (χ0) is 15.2. The molecular weight excluding hydrogens is 266 g/mol. The standard InChI is InChI=1S/C16H31N3O2/c1-4-17-13(2)15-6-5-7-19(12-15)14(3)16(20)18-8-10-21-11-9-18/h13-15,17H,4-12H2,1-3H3. The maximum atomic E-state index is 12.6.